The van der Waals surface area contributed by atoms with E-state index in [1.54, 1.807) is 24.1 Å². The molecular formula is C27H31N3O4. The van der Waals surface area contributed by atoms with Gasteiger partial charge in [-0.1, -0.05) is 50.0 Å². The number of carbonyl (C=O) groups excluding carboxylic acids is 2. The Morgan fingerprint density at radius 2 is 1.94 bits per heavy atom. The zero-order valence-corrected chi connectivity index (χ0v) is 19.8. The molecule has 2 aliphatic rings. The first-order valence-electron chi connectivity index (χ1n) is 11.6. The van der Waals surface area contributed by atoms with E-state index >= 15 is 0 Å². The first kappa shape index (κ1) is 23.7. The molecule has 2 fully saturated rings. The largest absolute Gasteiger partial charge is 0.495 e. The minimum atomic E-state index is -0.348. The summed E-state index contributed by atoms with van der Waals surface area (Å²) in [5.41, 5.74) is 2.53. The monoisotopic (exact) mass is 461 g/mol. The molecule has 0 spiro atoms. The third-order valence-corrected chi connectivity index (χ3v) is 6.43. The quantitative estimate of drug-likeness (QED) is 0.670. The summed E-state index contributed by atoms with van der Waals surface area (Å²) in [4.78, 5) is 29.1. The maximum absolute atomic E-state index is 13.0. The number of ether oxygens (including phenoxy) is 1. The smallest absolute Gasteiger partial charge is 0.322 e. The van der Waals surface area contributed by atoms with Gasteiger partial charge in [0.25, 0.3) is 0 Å². The van der Waals surface area contributed by atoms with Gasteiger partial charge in [-0.05, 0) is 35.7 Å². The molecule has 2 aromatic rings. The van der Waals surface area contributed by atoms with E-state index in [1.807, 2.05) is 36.4 Å². The molecule has 0 saturated carbocycles. The van der Waals surface area contributed by atoms with Crippen LogP contribution in [0.5, 0.6) is 5.75 Å². The Bertz CT molecular complexity index is 1100. The number of para-hydroxylation sites is 2. The topological polar surface area (TPSA) is 82.1 Å². The maximum atomic E-state index is 13.0. The number of benzene rings is 2. The molecule has 0 aromatic heterocycles. The van der Waals surface area contributed by atoms with Crippen molar-refractivity contribution in [3.63, 3.8) is 0 Å². The van der Waals surface area contributed by atoms with Gasteiger partial charge in [0.2, 0.25) is 5.91 Å². The molecule has 0 radical (unpaired) electrons. The normalized spacial score (nSPS) is 21.3. The van der Waals surface area contributed by atoms with Gasteiger partial charge in [0, 0.05) is 24.4 Å². The van der Waals surface area contributed by atoms with Crippen LogP contribution in [0.1, 0.15) is 37.3 Å². The molecule has 34 heavy (non-hydrogen) atoms. The average Bonchev–Trinajstić information content (AvgIpc) is 2.81. The lowest BCUT2D eigenvalue weighted by molar-refractivity contribution is -0.159. The van der Waals surface area contributed by atoms with Crippen LogP contribution in [0, 0.1) is 17.8 Å². The predicted molar refractivity (Wildman–Crippen MR) is 131 cm³/mol. The minimum Gasteiger partial charge on any atom is -0.495 e. The van der Waals surface area contributed by atoms with E-state index in [0.717, 1.165) is 17.5 Å². The molecule has 7 heteroatoms. The van der Waals surface area contributed by atoms with Crippen LogP contribution in [0.25, 0.3) is 0 Å². The van der Waals surface area contributed by atoms with Crippen molar-refractivity contribution in [2.45, 2.75) is 38.3 Å². The van der Waals surface area contributed by atoms with Crippen LogP contribution < -0.4 is 10.1 Å². The third kappa shape index (κ3) is 4.73. The standard InChI is InChI=1S/C27H31N3O4/c1-18(2)7-6-8-19-11-13-20(14-12-19)26-22-15-29(16-25(32)30(22)23(26)17-31)27(33)28-21-9-4-5-10-24(21)34-3/h4-5,9-14,18,22-23,26,31H,7,15-17H2,1-3H3,(H,28,33)/t22-,23-,26+/m0/s1. The SMILES string of the molecule is COc1ccccc1NC(=O)N1CC(=O)N2[C@@H](CO)[C@H](c3ccc(C#CCC(C)C)cc3)[C@@H]2C1. The van der Waals surface area contributed by atoms with Crippen LogP contribution >= 0.6 is 0 Å². The van der Waals surface area contributed by atoms with E-state index in [-0.39, 0.29) is 43.1 Å². The zero-order chi connectivity index (χ0) is 24.2. The van der Waals surface area contributed by atoms with Crippen molar-refractivity contribution >= 4 is 17.6 Å². The van der Waals surface area contributed by atoms with Crippen LogP contribution in [-0.2, 0) is 4.79 Å². The summed E-state index contributed by atoms with van der Waals surface area (Å²) in [6.07, 6.45) is 0.850. The van der Waals surface area contributed by atoms with Gasteiger partial charge in [0.15, 0.2) is 0 Å². The number of rotatable bonds is 5. The van der Waals surface area contributed by atoms with Crippen molar-refractivity contribution in [2.75, 3.05) is 32.1 Å². The van der Waals surface area contributed by atoms with Gasteiger partial charge in [0.05, 0.1) is 31.5 Å². The number of aliphatic hydroxyl groups excluding tert-OH is 1. The molecular weight excluding hydrogens is 430 g/mol. The van der Waals surface area contributed by atoms with Gasteiger partial charge in [-0.2, -0.15) is 0 Å². The Kier molecular flexibility index (Phi) is 7.09. The van der Waals surface area contributed by atoms with Crippen LogP contribution in [0.15, 0.2) is 48.5 Å². The molecule has 0 aliphatic carbocycles. The van der Waals surface area contributed by atoms with E-state index in [4.69, 9.17) is 4.74 Å². The molecule has 3 atom stereocenters. The summed E-state index contributed by atoms with van der Waals surface area (Å²) in [5, 5.41) is 12.9. The fraction of sp³-hybridized carbons (Fsp3) is 0.407. The number of methoxy groups -OCH3 is 1. The van der Waals surface area contributed by atoms with Crippen LogP contribution in [0.3, 0.4) is 0 Å². The van der Waals surface area contributed by atoms with Gasteiger partial charge < -0.3 is 25.0 Å². The highest BCUT2D eigenvalue weighted by atomic mass is 16.5. The number of anilines is 1. The second-order valence-electron chi connectivity index (χ2n) is 9.18. The first-order valence-corrected chi connectivity index (χ1v) is 11.6. The minimum absolute atomic E-state index is 0.0227. The Hall–Kier alpha value is -3.50. The molecule has 178 valence electrons. The Morgan fingerprint density at radius 3 is 2.62 bits per heavy atom. The molecule has 2 aromatic carbocycles. The van der Waals surface area contributed by atoms with Gasteiger partial charge >= 0.3 is 6.03 Å². The highest BCUT2D eigenvalue weighted by Crippen LogP contribution is 2.43. The second-order valence-corrected chi connectivity index (χ2v) is 9.18. The van der Waals surface area contributed by atoms with Crippen molar-refractivity contribution < 1.29 is 19.4 Å². The van der Waals surface area contributed by atoms with Crippen LogP contribution in [0.4, 0.5) is 10.5 Å². The fourth-order valence-corrected chi connectivity index (χ4v) is 4.74. The Morgan fingerprint density at radius 1 is 1.21 bits per heavy atom. The zero-order valence-electron chi connectivity index (χ0n) is 19.8. The van der Waals surface area contributed by atoms with E-state index in [0.29, 0.717) is 23.9 Å². The number of nitrogens with zero attached hydrogens (tertiary/aromatic N) is 2. The molecule has 2 heterocycles. The average molecular weight is 462 g/mol. The summed E-state index contributed by atoms with van der Waals surface area (Å²) >= 11 is 0. The molecule has 0 unspecified atom stereocenters. The molecule has 2 aliphatic heterocycles. The number of piperazine rings is 1. The highest BCUT2D eigenvalue weighted by molar-refractivity contribution is 5.94. The highest BCUT2D eigenvalue weighted by Gasteiger charge is 2.54. The number of hydrogen-bond donors (Lipinski definition) is 2. The lowest BCUT2D eigenvalue weighted by Crippen LogP contribution is -2.73. The van der Waals surface area contributed by atoms with Crippen LogP contribution in [0.2, 0.25) is 0 Å². The van der Waals surface area contributed by atoms with E-state index in [1.165, 1.54) is 4.90 Å². The lowest BCUT2D eigenvalue weighted by Gasteiger charge is -2.58. The molecule has 3 amide bonds. The molecule has 2 saturated heterocycles. The van der Waals surface area contributed by atoms with Crippen molar-refractivity contribution in [3.05, 3.63) is 59.7 Å². The van der Waals surface area contributed by atoms with Crippen molar-refractivity contribution in [1.29, 1.82) is 0 Å². The van der Waals surface area contributed by atoms with E-state index < -0.39 is 0 Å². The Balaban J connectivity index is 1.49. The van der Waals surface area contributed by atoms with Gasteiger partial charge in [-0.3, -0.25) is 4.79 Å². The van der Waals surface area contributed by atoms with Gasteiger partial charge in [0.1, 0.15) is 12.3 Å². The summed E-state index contributed by atoms with van der Waals surface area (Å²) in [5.74, 6) is 7.26. The number of carbonyl (C=O) groups is 2. The summed E-state index contributed by atoms with van der Waals surface area (Å²) in [6, 6.07) is 14.3. The van der Waals surface area contributed by atoms with E-state index in [2.05, 4.69) is 31.0 Å². The first-order chi connectivity index (χ1) is 16.4. The Labute approximate surface area is 200 Å². The number of amides is 3. The number of hydrogen-bond acceptors (Lipinski definition) is 4. The van der Waals surface area contributed by atoms with Crippen molar-refractivity contribution in [3.8, 4) is 17.6 Å². The maximum Gasteiger partial charge on any atom is 0.322 e. The second kappa shape index (κ2) is 10.2. The van der Waals surface area contributed by atoms with Crippen molar-refractivity contribution in [2.24, 2.45) is 5.92 Å². The number of fused-ring (bicyclic) bond motifs is 1. The predicted octanol–water partition coefficient (Wildman–Crippen LogP) is 3.30. The summed E-state index contributed by atoms with van der Waals surface area (Å²) < 4.78 is 5.31. The number of urea groups is 1. The molecule has 2 N–H and O–H groups in total. The van der Waals surface area contributed by atoms with Gasteiger partial charge in [-0.25, -0.2) is 4.79 Å². The van der Waals surface area contributed by atoms with Crippen molar-refractivity contribution in [1.82, 2.24) is 9.80 Å². The van der Waals surface area contributed by atoms with Gasteiger partial charge in [-0.15, -0.1) is 0 Å². The number of nitrogens with one attached hydrogen (secondary N) is 1. The summed E-state index contributed by atoms with van der Waals surface area (Å²) in [7, 11) is 1.54. The van der Waals surface area contributed by atoms with E-state index in [9.17, 15) is 14.7 Å². The summed E-state index contributed by atoms with van der Waals surface area (Å²) in [6.45, 7) is 4.53. The van der Waals surface area contributed by atoms with Crippen LogP contribution in [-0.4, -0.2) is 65.7 Å². The lowest BCUT2D eigenvalue weighted by atomic mass is 9.73. The third-order valence-electron chi connectivity index (χ3n) is 6.43. The molecule has 0 bridgehead atoms. The number of aliphatic hydroxyl groups is 1. The molecule has 4 rings (SSSR count). The molecule has 7 nitrogen and oxygen atoms in total. The fourth-order valence-electron chi connectivity index (χ4n) is 4.74.